The van der Waals surface area contributed by atoms with E-state index in [-0.39, 0.29) is 5.82 Å². The second-order valence-electron chi connectivity index (χ2n) is 7.30. The van der Waals surface area contributed by atoms with E-state index in [9.17, 15) is 4.39 Å². The summed E-state index contributed by atoms with van der Waals surface area (Å²) in [5.74, 6) is 0.613. The topological polar surface area (TPSA) is 34.0 Å². The molecule has 4 rings (SSSR count). The van der Waals surface area contributed by atoms with Crippen LogP contribution in [0.5, 0.6) is 0 Å². The molecule has 152 valence electrons. The molecule has 0 spiro atoms. The molecule has 2 aromatic heterocycles. The van der Waals surface area contributed by atoms with E-state index < -0.39 is 0 Å². The minimum absolute atomic E-state index is 0.238. The minimum atomic E-state index is -0.238. The lowest BCUT2D eigenvalue weighted by Crippen LogP contribution is -2.16. The highest BCUT2D eigenvalue weighted by Crippen LogP contribution is 2.22. The summed E-state index contributed by atoms with van der Waals surface area (Å²) in [5.41, 5.74) is 4.91. The van der Waals surface area contributed by atoms with Crippen LogP contribution < -0.4 is 4.90 Å². The van der Waals surface area contributed by atoms with Gasteiger partial charge in [0.1, 0.15) is 11.6 Å². The zero-order chi connectivity index (χ0) is 21.1. The van der Waals surface area contributed by atoms with E-state index in [0.717, 1.165) is 34.0 Å². The molecule has 2 aromatic carbocycles. The summed E-state index contributed by atoms with van der Waals surface area (Å²) in [6.07, 6.45) is 6.11. The Bertz CT molecular complexity index is 1140. The second-order valence-corrected chi connectivity index (χ2v) is 7.74. The van der Waals surface area contributed by atoms with Crippen molar-refractivity contribution in [3.05, 3.63) is 107 Å². The van der Waals surface area contributed by atoms with Crippen molar-refractivity contribution in [3.63, 3.8) is 0 Å². The van der Waals surface area contributed by atoms with Crippen LogP contribution in [0.3, 0.4) is 0 Å². The van der Waals surface area contributed by atoms with Gasteiger partial charge in [-0.2, -0.15) is 0 Å². The molecule has 0 aliphatic carbocycles. The summed E-state index contributed by atoms with van der Waals surface area (Å²) in [7, 11) is 2.02. The van der Waals surface area contributed by atoms with Gasteiger partial charge in [0, 0.05) is 48.5 Å². The van der Waals surface area contributed by atoms with Crippen molar-refractivity contribution in [2.45, 2.75) is 19.9 Å². The summed E-state index contributed by atoms with van der Waals surface area (Å²) in [6.45, 7) is 2.63. The molecule has 4 aromatic rings. The molecule has 0 saturated carbocycles. The van der Waals surface area contributed by atoms with Crippen molar-refractivity contribution in [1.29, 1.82) is 0 Å². The Balaban J connectivity index is 1.69. The zero-order valence-electron chi connectivity index (χ0n) is 16.9. The van der Waals surface area contributed by atoms with Gasteiger partial charge in [-0.05, 0) is 66.6 Å². The molecule has 0 aliphatic heterocycles. The third-order valence-corrected chi connectivity index (χ3v) is 5.35. The molecule has 6 heteroatoms. The lowest BCUT2D eigenvalue weighted by molar-refractivity contribution is 0.625. The van der Waals surface area contributed by atoms with E-state index in [1.165, 1.54) is 6.07 Å². The SMILES string of the molecule is Cc1ccc(F)cc1Cc1nc(CN(C)c2ccncc2)cn1-c1ccc(Cl)cc1. The van der Waals surface area contributed by atoms with Gasteiger partial charge in [-0.15, -0.1) is 0 Å². The number of nitrogens with zero attached hydrogens (tertiary/aromatic N) is 4. The lowest BCUT2D eigenvalue weighted by atomic mass is 10.1. The highest BCUT2D eigenvalue weighted by atomic mass is 35.5. The minimum Gasteiger partial charge on any atom is -0.369 e. The first-order chi connectivity index (χ1) is 14.5. The number of aromatic nitrogens is 3. The van der Waals surface area contributed by atoms with Crippen LogP contribution in [-0.2, 0) is 13.0 Å². The molecule has 0 unspecified atom stereocenters. The van der Waals surface area contributed by atoms with Crippen LogP contribution >= 0.6 is 11.6 Å². The molecule has 2 heterocycles. The number of imidazole rings is 1. The van der Waals surface area contributed by atoms with E-state index in [1.54, 1.807) is 24.5 Å². The summed E-state index contributed by atoms with van der Waals surface area (Å²) in [5, 5.41) is 0.680. The molecule has 4 nitrogen and oxygen atoms in total. The zero-order valence-corrected chi connectivity index (χ0v) is 17.6. The molecular weight excluding hydrogens is 399 g/mol. The Morgan fingerprint density at radius 2 is 1.77 bits per heavy atom. The number of halogens is 2. The van der Waals surface area contributed by atoms with Crippen LogP contribution in [0, 0.1) is 12.7 Å². The number of hydrogen-bond donors (Lipinski definition) is 0. The Hall–Kier alpha value is -3.18. The van der Waals surface area contributed by atoms with Crippen LogP contribution in [0.15, 0.2) is 73.2 Å². The van der Waals surface area contributed by atoms with Gasteiger partial charge in [0.2, 0.25) is 0 Å². The standard InChI is InChI=1S/C24H22ClFN4/c1-17-3-6-20(26)13-18(17)14-24-28-21(15-29(2)22-9-11-27-12-10-22)16-30(24)23-7-4-19(25)5-8-23/h3-13,16H,14-15H2,1-2H3. The summed E-state index contributed by atoms with van der Waals surface area (Å²) < 4.78 is 15.9. The molecule has 0 fully saturated rings. The van der Waals surface area contributed by atoms with Gasteiger partial charge < -0.3 is 9.47 Å². The number of pyridine rings is 1. The van der Waals surface area contributed by atoms with Crippen molar-refractivity contribution >= 4 is 17.3 Å². The predicted molar refractivity (Wildman–Crippen MR) is 119 cm³/mol. The Morgan fingerprint density at radius 1 is 1.03 bits per heavy atom. The van der Waals surface area contributed by atoms with Crippen LogP contribution in [0.25, 0.3) is 5.69 Å². The first kappa shape index (κ1) is 20.1. The smallest absolute Gasteiger partial charge is 0.123 e. The van der Waals surface area contributed by atoms with Crippen molar-refractivity contribution in [2.24, 2.45) is 0 Å². The van der Waals surface area contributed by atoms with Gasteiger partial charge in [-0.1, -0.05) is 17.7 Å². The summed E-state index contributed by atoms with van der Waals surface area (Å²) in [6, 6.07) is 16.4. The molecule has 0 N–H and O–H groups in total. The molecule has 0 saturated heterocycles. The summed E-state index contributed by atoms with van der Waals surface area (Å²) >= 11 is 6.07. The Morgan fingerprint density at radius 3 is 2.50 bits per heavy atom. The van der Waals surface area contributed by atoms with E-state index >= 15 is 0 Å². The van der Waals surface area contributed by atoms with Gasteiger partial charge in [0.05, 0.1) is 12.2 Å². The maximum absolute atomic E-state index is 13.8. The molecular formula is C24H22ClFN4. The van der Waals surface area contributed by atoms with Gasteiger partial charge in [-0.25, -0.2) is 9.37 Å². The number of aryl methyl sites for hydroxylation is 1. The number of rotatable bonds is 6. The van der Waals surface area contributed by atoms with E-state index in [0.29, 0.717) is 18.0 Å². The van der Waals surface area contributed by atoms with Gasteiger partial charge >= 0.3 is 0 Å². The third kappa shape index (κ3) is 4.52. The van der Waals surface area contributed by atoms with Crippen LogP contribution in [0.4, 0.5) is 10.1 Å². The van der Waals surface area contributed by atoms with Gasteiger partial charge in [0.15, 0.2) is 0 Å². The number of hydrogen-bond acceptors (Lipinski definition) is 3. The van der Waals surface area contributed by atoms with Crippen molar-refractivity contribution in [1.82, 2.24) is 14.5 Å². The van der Waals surface area contributed by atoms with Crippen LogP contribution in [0.2, 0.25) is 5.02 Å². The molecule has 0 atom stereocenters. The largest absolute Gasteiger partial charge is 0.369 e. The maximum atomic E-state index is 13.8. The fourth-order valence-electron chi connectivity index (χ4n) is 3.43. The van der Waals surface area contributed by atoms with Crippen LogP contribution in [-0.4, -0.2) is 21.6 Å². The van der Waals surface area contributed by atoms with Gasteiger partial charge in [-0.3, -0.25) is 4.98 Å². The van der Waals surface area contributed by atoms with Gasteiger partial charge in [0.25, 0.3) is 0 Å². The van der Waals surface area contributed by atoms with E-state index in [4.69, 9.17) is 16.6 Å². The molecule has 0 radical (unpaired) electrons. The Kier molecular flexibility index (Phi) is 5.81. The summed E-state index contributed by atoms with van der Waals surface area (Å²) in [4.78, 5) is 11.1. The third-order valence-electron chi connectivity index (χ3n) is 5.10. The normalized spacial score (nSPS) is 10.9. The first-order valence-electron chi connectivity index (χ1n) is 9.69. The van der Waals surface area contributed by atoms with Crippen molar-refractivity contribution < 1.29 is 4.39 Å². The monoisotopic (exact) mass is 420 g/mol. The predicted octanol–water partition coefficient (Wildman–Crippen LogP) is 5.60. The highest BCUT2D eigenvalue weighted by Gasteiger charge is 2.14. The van der Waals surface area contributed by atoms with Crippen LogP contribution in [0.1, 0.15) is 22.6 Å². The molecule has 30 heavy (non-hydrogen) atoms. The number of anilines is 1. The first-order valence-corrected chi connectivity index (χ1v) is 10.1. The number of benzene rings is 2. The maximum Gasteiger partial charge on any atom is 0.123 e. The quantitative estimate of drug-likeness (QED) is 0.407. The molecule has 0 bridgehead atoms. The second kappa shape index (κ2) is 8.67. The molecule has 0 amide bonds. The average molecular weight is 421 g/mol. The highest BCUT2D eigenvalue weighted by molar-refractivity contribution is 6.30. The fraction of sp³-hybridized carbons (Fsp3) is 0.167. The van der Waals surface area contributed by atoms with Crippen molar-refractivity contribution in [3.8, 4) is 5.69 Å². The van der Waals surface area contributed by atoms with E-state index in [1.807, 2.05) is 56.6 Å². The Labute approximate surface area is 180 Å². The fourth-order valence-corrected chi connectivity index (χ4v) is 3.56. The van der Waals surface area contributed by atoms with Crippen molar-refractivity contribution in [2.75, 3.05) is 11.9 Å². The molecule has 0 aliphatic rings. The van der Waals surface area contributed by atoms with E-state index in [2.05, 4.69) is 14.5 Å². The average Bonchev–Trinajstić information content (AvgIpc) is 3.14. The lowest BCUT2D eigenvalue weighted by Gasteiger charge is -2.17.